The number of benzene rings is 1. The third kappa shape index (κ3) is 3.04. The quantitative estimate of drug-likeness (QED) is 0.917. The van der Waals surface area contributed by atoms with Gasteiger partial charge in [0.2, 0.25) is 0 Å². The Morgan fingerprint density at radius 1 is 1.25 bits per heavy atom. The van der Waals surface area contributed by atoms with Crippen LogP contribution in [0.4, 0.5) is 0 Å². The fourth-order valence-corrected chi connectivity index (χ4v) is 3.46. The van der Waals surface area contributed by atoms with Crippen LogP contribution in [-0.4, -0.2) is 19.3 Å². The molecule has 2 aliphatic rings. The van der Waals surface area contributed by atoms with Gasteiger partial charge in [0.05, 0.1) is 5.02 Å². The molecule has 1 saturated carbocycles. The Labute approximate surface area is 125 Å². The molecule has 0 saturated heterocycles. The SMILES string of the molecule is CC(NCc1cc(Cl)c2c(c1)OCCO2)C1CCCC1. The zero-order chi connectivity index (χ0) is 13.9. The van der Waals surface area contributed by atoms with Crippen molar-refractivity contribution in [1.29, 1.82) is 0 Å². The molecule has 1 heterocycles. The van der Waals surface area contributed by atoms with Crippen LogP contribution in [0.25, 0.3) is 0 Å². The van der Waals surface area contributed by atoms with Crippen LogP contribution < -0.4 is 14.8 Å². The highest BCUT2D eigenvalue weighted by molar-refractivity contribution is 6.32. The van der Waals surface area contributed by atoms with Crippen molar-refractivity contribution in [3.05, 3.63) is 22.7 Å². The predicted molar refractivity (Wildman–Crippen MR) is 80.7 cm³/mol. The summed E-state index contributed by atoms with van der Waals surface area (Å²) in [6, 6.07) is 4.57. The lowest BCUT2D eigenvalue weighted by Gasteiger charge is -2.22. The molecule has 3 nitrogen and oxygen atoms in total. The minimum absolute atomic E-state index is 0.560. The number of fused-ring (bicyclic) bond motifs is 1. The normalized spacial score (nSPS) is 20.1. The van der Waals surface area contributed by atoms with Crippen molar-refractivity contribution >= 4 is 11.6 Å². The summed E-state index contributed by atoms with van der Waals surface area (Å²) in [5.41, 5.74) is 1.16. The maximum Gasteiger partial charge on any atom is 0.179 e. The van der Waals surface area contributed by atoms with Crippen LogP contribution in [0, 0.1) is 5.92 Å². The van der Waals surface area contributed by atoms with Gasteiger partial charge in [-0.2, -0.15) is 0 Å². The molecule has 3 rings (SSSR count). The molecule has 1 fully saturated rings. The Morgan fingerprint density at radius 3 is 2.80 bits per heavy atom. The third-order valence-corrected chi connectivity index (χ3v) is 4.67. The summed E-state index contributed by atoms with van der Waals surface area (Å²) in [5, 5.41) is 4.27. The second-order valence-electron chi connectivity index (χ2n) is 5.82. The maximum atomic E-state index is 6.26. The average molecular weight is 296 g/mol. The molecular formula is C16H22ClNO2. The van der Waals surface area contributed by atoms with Crippen LogP contribution in [-0.2, 0) is 6.54 Å². The topological polar surface area (TPSA) is 30.5 Å². The largest absolute Gasteiger partial charge is 0.486 e. The summed E-state index contributed by atoms with van der Waals surface area (Å²) >= 11 is 6.26. The van der Waals surface area contributed by atoms with Crippen molar-refractivity contribution in [1.82, 2.24) is 5.32 Å². The van der Waals surface area contributed by atoms with Crippen molar-refractivity contribution < 1.29 is 9.47 Å². The first-order valence-electron chi connectivity index (χ1n) is 7.55. The van der Waals surface area contributed by atoms with E-state index in [1.807, 2.05) is 12.1 Å². The predicted octanol–water partition coefficient (Wildman–Crippen LogP) is 3.78. The summed E-state index contributed by atoms with van der Waals surface area (Å²) in [6.45, 7) is 4.28. The molecule has 0 amide bonds. The molecule has 1 atom stereocenters. The first-order valence-corrected chi connectivity index (χ1v) is 7.93. The molecule has 110 valence electrons. The third-order valence-electron chi connectivity index (χ3n) is 4.39. The fourth-order valence-electron chi connectivity index (χ4n) is 3.17. The molecule has 1 aromatic rings. The summed E-state index contributed by atoms with van der Waals surface area (Å²) in [4.78, 5) is 0. The van der Waals surface area contributed by atoms with Crippen molar-refractivity contribution in [2.45, 2.75) is 45.2 Å². The van der Waals surface area contributed by atoms with E-state index in [0.717, 1.165) is 23.8 Å². The smallest absolute Gasteiger partial charge is 0.179 e. The second kappa shape index (κ2) is 6.23. The second-order valence-corrected chi connectivity index (χ2v) is 6.22. The zero-order valence-corrected chi connectivity index (χ0v) is 12.7. The number of rotatable bonds is 4. The number of hydrogen-bond acceptors (Lipinski definition) is 3. The lowest BCUT2D eigenvalue weighted by atomic mass is 9.99. The van der Waals surface area contributed by atoms with E-state index >= 15 is 0 Å². The first kappa shape index (κ1) is 14.0. The summed E-state index contributed by atoms with van der Waals surface area (Å²) in [7, 11) is 0. The Balaban J connectivity index is 1.64. The van der Waals surface area contributed by atoms with Crippen LogP contribution in [0.2, 0.25) is 5.02 Å². The Kier molecular flexibility index (Phi) is 4.37. The summed E-state index contributed by atoms with van der Waals surface area (Å²) < 4.78 is 11.2. The van der Waals surface area contributed by atoms with E-state index in [9.17, 15) is 0 Å². The highest BCUT2D eigenvalue weighted by Gasteiger charge is 2.21. The van der Waals surface area contributed by atoms with E-state index in [1.54, 1.807) is 0 Å². The molecule has 0 bridgehead atoms. The van der Waals surface area contributed by atoms with Crippen molar-refractivity contribution in [2.75, 3.05) is 13.2 Å². The fraction of sp³-hybridized carbons (Fsp3) is 0.625. The molecule has 0 radical (unpaired) electrons. The van der Waals surface area contributed by atoms with Gasteiger partial charge in [-0.1, -0.05) is 24.4 Å². The minimum Gasteiger partial charge on any atom is -0.486 e. The molecule has 4 heteroatoms. The van der Waals surface area contributed by atoms with Gasteiger partial charge >= 0.3 is 0 Å². The Bertz CT molecular complexity index is 472. The van der Waals surface area contributed by atoms with Gasteiger partial charge in [0.25, 0.3) is 0 Å². The Morgan fingerprint density at radius 2 is 2.00 bits per heavy atom. The summed E-state index contributed by atoms with van der Waals surface area (Å²) in [6.07, 6.45) is 5.48. The molecule has 1 aliphatic heterocycles. The number of ether oxygens (including phenoxy) is 2. The number of nitrogens with one attached hydrogen (secondary N) is 1. The van der Waals surface area contributed by atoms with Gasteiger partial charge in [0, 0.05) is 12.6 Å². The minimum atomic E-state index is 0.560. The zero-order valence-electron chi connectivity index (χ0n) is 12.0. The van der Waals surface area contributed by atoms with Crippen LogP contribution in [0.15, 0.2) is 12.1 Å². The van der Waals surface area contributed by atoms with Crippen molar-refractivity contribution in [2.24, 2.45) is 5.92 Å². The van der Waals surface area contributed by atoms with Crippen LogP contribution in [0.1, 0.15) is 38.2 Å². The standard InChI is InChI=1S/C16H22ClNO2/c1-11(13-4-2-3-5-13)18-10-12-8-14(17)16-15(9-12)19-6-7-20-16/h8-9,11,13,18H,2-7,10H2,1H3. The summed E-state index contributed by atoms with van der Waals surface area (Å²) in [5.74, 6) is 2.28. The van der Waals surface area contributed by atoms with Crippen LogP contribution >= 0.6 is 11.6 Å². The van der Waals surface area contributed by atoms with E-state index < -0.39 is 0 Å². The number of hydrogen-bond donors (Lipinski definition) is 1. The molecule has 1 N–H and O–H groups in total. The van der Waals surface area contributed by atoms with E-state index in [4.69, 9.17) is 21.1 Å². The molecule has 1 aliphatic carbocycles. The van der Waals surface area contributed by atoms with Gasteiger partial charge in [0.15, 0.2) is 11.5 Å². The first-order chi connectivity index (χ1) is 9.74. The van der Waals surface area contributed by atoms with Gasteiger partial charge < -0.3 is 14.8 Å². The van der Waals surface area contributed by atoms with Crippen LogP contribution in [0.5, 0.6) is 11.5 Å². The molecule has 1 aromatic carbocycles. The van der Waals surface area contributed by atoms with Gasteiger partial charge in [-0.15, -0.1) is 0 Å². The highest BCUT2D eigenvalue weighted by Crippen LogP contribution is 2.38. The lowest BCUT2D eigenvalue weighted by Crippen LogP contribution is -2.31. The van der Waals surface area contributed by atoms with E-state index in [-0.39, 0.29) is 0 Å². The molecule has 1 unspecified atom stereocenters. The lowest BCUT2D eigenvalue weighted by molar-refractivity contribution is 0.171. The van der Waals surface area contributed by atoms with Gasteiger partial charge in [0.1, 0.15) is 13.2 Å². The van der Waals surface area contributed by atoms with Crippen LogP contribution in [0.3, 0.4) is 0 Å². The van der Waals surface area contributed by atoms with E-state index in [1.165, 1.54) is 25.7 Å². The monoisotopic (exact) mass is 295 g/mol. The highest BCUT2D eigenvalue weighted by atomic mass is 35.5. The van der Waals surface area contributed by atoms with Gasteiger partial charge in [-0.3, -0.25) is 0 Å². The van der Waals surface area contributed by atoms with Gasteiger partial charge in [-0.25, -0.2) is 0 Å². The molecule has 0 spiro atoms. The Hall–Kier alpha value is -0.930. The average Bonchev–Trinajstić information content (AvgIpc) is 2.99. The van der Waals surface area contributed by atoms with E-state index in [0.29, 0.717) is 30.0 Å². The molecule has 20 heavy (non-hydrogen) atoms. The van der Waals surface area contributed by atoms with Gasteiger partial charge in [-0.05, 0) is 43.4 Å². The van der Waals surface area contributed by atoms with Crippen molar-refractivity contribution in [3.8, 4) is 11.5 Å². The maximum absolute atomic E-state index is 6.26. The molecule has 0 aromatic heterocycles. The molecular weight excluding hydrogens is 274 g/mol. The van der Waals surface area contributed by atoms with Crippen molar-refractivity contribution in [3.63, 3.8) is 0 Å². The number of halogens is 1. The van der Waals surface area contributed by atoms with E-state index in [2.05, 4.69) is 12.2 Å².